The summed E-state index contributed by atoms with van der Waals surface area (Å²) in [4.78, 5) is 10.6. The number of thioether (sulfide) groups is 1. The minimum atomic E-state index is -0.278. The first kappa shape index (κ1) is 7.09. The molecular weight excluding hydrogens is 134 g/mol. The molecule has 0 aromatic rings. The number of nitrogens with one attached hydrogen (secondary N) is 1. The van der Waals surface area contributed by atoms with Crippen LogP contribution in [0.2, 0.25) is 0 Å². The Labute approximate surface area is 59.4 Å². The normalized spacial score (nSPS) is 34.9. The molecule has 9 heavy (non-hydrogen) atoms. The van der Waals surface area contributed by atoms with Gasteiger partial charge in [-0.2, -0.15) is 0 Å². The molecule has 2 nitrogen and oxygen atoms in total. The number of rotatable bonds is 1. The van der Waals surface area contributed by atoms with Gasteiger partial charge in [-0.15, -0.1) is 11.8 Å². The van der Waals surface area contributed by atoms with Gasteiger partial charge in [0, 0.05) is 12.3 Å². The molecule has 0 spiro atoms. The van der Waals surface area contributed by atoms with Gasteiger partial charge in [0.05, 0.1) is 0 Å². The number of carbonyl (C=O) groups is 1. The number of carbonyl (C=O) groups excluding carboxylic acids is 1. The van der Waals surface area contributed by atoms with E-state index in [1.54, 1.807) is 18.7 Å². The largest absolute Gasteiger partial charge is 0.297 e. The quantitative estimate of drug-likeness (QED) is 0.586. The molecule has 0 saturated carbocycles. The van der Waals surface area contributed by atoms with Crippen molar-refractivity contribution in [2.45, 2.75) is 18.7 Å². The lowest BCUT2D eigenvalue weighted by Crippen LogP contribution is -2.40. The summed E-state index contributed by atoms with van der Waals surface area (Å²) in [6.07, 6.45) is 0. The van der Waals surface area contributed by atoms with E-state index in [1.807, 2.05) is 6.92 Å². The molecule has 0 bridgehead atoms. The fourth-order valence-corrected chi connectivity index (χ4v) is 1.84. The second-order valence-electron chi connectivity index (χ2n) is 2.36. The van der Waals surface area contributed by atoms with Crippen LogP contribution in [-0.2, 0) is 4.79 Å². The molecule has 0 unspecified atom stereocenters. The second kappa shape index (κ2) is 2.31. The zero-order valence-corrected chi connectivity index (χ0v) is 6.55. The van der Waals surface area contributed by atoms with Gasteiger partial charge in [0.15, 0.2) is 5.78 Å². The van der Waals surface area contributed by atoms with Gasteiger partial charge in [0.2, 0.25) is 0 Å². The van der Waals surface area contributed by atoms with Gasteiger partial charge in [-0.3, -0.25) is 10.1 Å². The average molecular weight is 145 g/mol. The van der Waals surface area contributed by atoms with Gasteiger partial charge in [-0.1, -0.05) is 0 Å². The third-order valence-electron chi connectivity index (χ3n) is 1.63. The van der Waals surface area contributed by atoms with Crippen LogP contribution < -0.4 is 5.32 Å². The van der Waals surface area contributed by atoms with E-state index in [2.05, 4.69) is 5.32 Å². The summed E-state index contributed by atoms with van der Waals surface area (Å²) in [5.41, 5.74) is 0. The third-order valence-corrected chi connectivity index (χ3v) is 3.04. The molecule has 1 N–H and O–H groups in total. The molecule has 1 saturated heterocycles. The summed E-state index contributed by atoms with van der Waals surface area (Å²) >= 11 is 1.69. The van der Waals surface area contributed by atoms with Crippen LogP contribution in [0.5, 0.6) is 0 Å². The van der Waals surface area contributed by atoms with Crippen LogP contribution in [0.15, 0.2) is 0 Å². The monoisotopic (exact) mass is 145 g/mol. The fraction of sp³-hybridized carbons (Fsp3) is 0.833. The van der Waals surface area contributed by atoms with Crippen LogP contribution in [0.25, 0.3) is 0 Å². The maximum absolute atomic E-state index is 10.9. The Balaban J connectivity index is 2.61. The number of Topliss-reactive ketones (excluding diaryl/α,β-unsaturated/α-hetero) is 1. The molecule has 0 amide bonds. The zero-order chi connectivity index (χ0) is 6.91. The van der Waals surface area contributed by atoms with E-state index in [0.717, 1.165) is 12.3 Å². The van der Waals surface area contributed by atoms with Gasteiger partial charge >= 0.3 is 0 Å². The molecule has 0 aromatic carbocycles. The minimum absolute atomic E-state index is 0.227. The molecule has 0 aromatic heterocycles. The van der Waals surface area contributed by atoms with E-state index in [0.29, 0.717) is 0 Å². The lowest BCUT2D eigenvalue weighted by molar-refractivity contribution is -0.119. The highest BCUT2D eigenvalue weighted by Gasteiger charge is 2.33. The highest BCUT2D eigenvalue weighted by Crippen LogP contribution is 2.26. The van der Waals surface area contributed by atoms with Crippen LogP contribution in [-0.4, -0.2) is 23.0 Å². The molecule has 0 aliphatic carbocycles. The lowest BCUT2D eigenvalue weighted by atomic mass is 10.2. The highest BCUT2D eigenvalue weighted by atomic mass is 32.2. The van der Waals surface area contributed by atoms with E-state index in [9.17, 15) is 4.79 Å². The maximum Gasteiger partial charge on any atom is 0.159 e. The van der Waals surface area contributed by atoms with Gasteiger partial charge in [-0.05, 0) is 13.8 Å². The summed E-state index contributed by atoms with van der Waals surface area (Å²) in [5, 5.41) is 3.15. The Bertz CT molecular complexity index is 129. The predicted molar refractivity (Wildman–Crippen MR) is 39.5 cm³/mol. The molecule has 1 aliphatic rings. The van der Waals surface area contributed by atoms with Crippen molar-refractivity contribution in [3.8, 4) is 0 Å². The summed E-state index contributed by atoms with van der Waals surface area (Å²) in [7, 11) is 0. The van der Waals surface area contributed by atoms with Crippen molar-refractivity contribution in [3.63, 3.8) is 0 Å². The van der Waals surface area contributed by atoms with Crippen molar-refractivity contribution in [1.82, 2.24) is 5.32 Å². The van der Waals surface area contributed by atoms with Gasteiger partial charge in [0.1, 0.15) is 4.87 Å². The van der Waals surface area contributed by atoms with E-state index >= 15 is 0 Å². The summed E-state index contributed by atoms with van der Waals surface area (Å²) in [6.45, 7) is 4.53. The maximum atomic E-state index is 10.9. The zero-order valence-electron chi connectivity index (χ0n) is 5.73. The predicted octanol–water partition coefficient (Wildman–Crippen LogP) is 0.628. The molecule has 1 heterocycles. The topological polar surface area (TPSA) is 29.1 Å². The lowest BCUT2D eigenvalue weighted by Gasteiger charge is -2.18. The van der Waals surface area contributed by atoms with Gasteiger partial charge < -0.3 is 0 Å². The van der Waals surface area contributed by atoms with E-state index in [4.69, 9.17) is 0 Å². The molecular formula is C6H11NOS. The van der Waals surface area contributed by atoms with E-state index in [-0.39, 0.29) is 10.7 Å². The Morgan fingerprint density at radius 3 is 2.67 bits per heavy atom. The third kappa shape index (κ3) is 1.27. The van der Waals surface area contributed by atoms with Crippen LogP contribution in [0.1, 0.15) is 13.8 Å². The first-order valence-electron chi connectivity index (χ1n) is 3.05. The molecule has 52 valence electrons. The van der Waals surface area contributed by atoms with E-state index < -0.39 is 0 Å². The molecule has 3 heteroatoms. The minimum Gasteiger partial charge on any atom is -0.297 e. The Morgan fingerprint density at radius 1 is 1.78 bits per heavy atom. The van der Waals surface area contributed by atoms with Crippen molar-refractivity contribution in [2.24, 2.45) is 0 Å². The Morgan fingerprint density at radius 2 is 2.44 bits per heavy atom. The molecule has 1 fully saturated rings. The Kier molecular flexibility index (Phi) is 1.82. The molecule has 1 aliphatic heterocycles. The van der Waals surface area contributed by atoms with Gasteiger partial charge in [0.25, 0.3) is 0 Å². The van der Waals surface area contributed by atoms with Gasteiger partial charge in [-0.25, -0.2) is 0 Å². The first-order valence-corrected chi connectivity index (χ1v) is 4.04. The van der Waals surface area contributed by atoms with Crippen molar-refractivity contribution in [1.29, 1.82) is 0 Å². The van der Waals surface area contributed by atoms with Crippen LogP contribution in [0.3, 0.4) is 0 Å². The summed E-state index contributed by atoms with van der Waals surface area (Å²) < 4.78 is 0. The summed E-state index contributed by atoms with van der Waals surface area (Å²) in [5.74, 6) is 1.28. The molecule has 0 radical (unpaired) electrons. The smallest absolute Gasteiger partial charge is 0.159 e. The number of ketones is 1. The molecule has 1 atom stereocenters. The SMILES string of the molecule is CC(=O)[C@@]1(C)NCCS1. The summed E-state index contributed by atoms with van der Waals surface area (Å²) in [6, 6.07) is 0. The van der Waals surface area contributed by atoms with Crippen molar-refractivity contribution < 1.29 is 4.79 Å². The highest BCUT2D eigenvalue weighted by molar-refractivity contribution is 8.01. The van der Waals surface area contributed by atoms with Crippen molar-refractivity contribution >= 4 is 17.5 Å². The Hall–Kier alpha value is -0.0200. The standard InChI is InChI=1S/C6H11NOS/c1-5(8)6(2)7-3-4-9-6/h7H,3-4H2,1-2H3/t6-/m0/s1. The molecule has 1 rings (SSSR count). The van der Waals surface area contributed by atoms with E-state index in [1.165, 1.54) is 0 Å². The van der Waals surface area contributed by atoms with Crippen LogP contribution >= 0.6 is 11.8 Å². The number of hydrogen-bond donors (Lipinski definition) is 1. The first-order chi connectivity index (χ1) is 4.15. The van der Waals surface area contributed by atoms with Crippen molar-refractivity contribution in [2.75, 3.05) is 12.3 Å². The second-order valence-corrected chi connectivity index (χ2v) is 3.88. The average Bonchev–Trinajstić information content (AvgIpc) is 2.16. The fourth-order valence-electron chi connectivity index (χ4n) is 0.822. The number of hydrogen-bond acceptors (Lipinski definition) is 3. The van der Waals surface area contributed by atoms with Crippen LogP contribution in [0, 0.1) is 0 Å². The van der Waals surface area contributed by atoms with Crippen LogP contribution in [0.4, 0.5) is 0 Å². The van der Waals surface area contributed by atoms with Crippen molar-refractivity contribution in [3.05, 3.63) is 0 Å².